The molecule has 0 unspecified atom stereocenters. The highest BCUT2D eigenvalue weighted by molar-refractivity contribution is 5.90. The van der Waals surface area contributed by atoms with Crippen LogP contribution in [0, 0.1) is 0 Å². The zero-order valence-corrected chi connectivity index (χ0v) is 9.27. The molecule has 0 aliphatic carbocycles. The summed E-state index contributed by atoms with van der Waals surface area (Å²) in [4.78, 5) is 15.3. The molecule has 16 heavy (non-hydrogen) atoms. The molecule has 0 spiro atoms. The van der Waals surface area contributed by atoms with Crippen molar-refractivity contribution in [3.05, 3.63) is 24.0 Å². The molecule has 0 saturated heterocycles. The van der Waals surface area contributed by atoms with Gasteiger partial charge >= 0.3 is 5.97 Å². The van der Waals surface area contributed by atoms with Crippen LogP contribution in [0.15, 0.2) is 18.5 Å². The van der Waals surface area contributed by atoms with Gasteiger partial charge in [0.25, 0.3) is 0 Å². The van der Waals surface area contributed by atoms with Gasteiger partial charge in [0.1, 0.15) is 0 Å². The molecule has 0 aliphatic rings. The molecule has 0 bridgehead atoms. The molecule has 1 heterocycles. The van der Waals surface area contributed by atoms with Gasteiger partial charge in [-0.1, -0.05) is 0 Å². The van der Waals surface area contributed by atoms with Crippen LogP contribution in [0.5, 0.6) is 0 Å². The Labute approximate surface area is 94.5 Å². The summed E-state index contributed by atoms with van der Waals surface area (Å²) in [7, 11) is 0. The summed E-state index contributed by atoms with van der Waals surface area (Å²) in [5.41, 5.74) is 1.18. The summed E-state index contributed by atoms with van der Waals surface area (Å²) in [5, 5.41) is 11.7. The zero-order valence-electron chi connectivity index (χ0n) is 9.27. The van der Waals surface area contributed by atoms with E-state index in [1.807, 2.05) is 0 Å². The molecule has 5 heteroatoms. The molecule has 0 aliphatic heterocycles. The number of rotatable bonds is 6. The topological polar surface area (TPSA) is 71.5 Å². The molecule has 1 aromatic heterocycles. The number of hydrogen-bond acceptors (Lipinski definition) is 5. The lowest BCUT2D eigenvalue weighted by molar-refractivity contribution is 0.0526. The summed E-state index contributed by atoms with van der Waals surface area (Å²) >= 11 is 0. The van der Waals surface area contributed by atoms with Crippen molar-refractivity contribution in [3.8, 4) is 0 Å². The average molecular weight is 224 g/mol. The van der Waals surface area contributed by atoms with Crippen LogP contribution < -0.4 is 5.32 Å². The second-order valence-electron chi connectivity index (χ2n) is 3.19. The Balaban J connectivity index is 2.60. The van der Waals surface area contributed by atoms with Crippen molar-refractivity contribution in [2.45, 2.75) is 13.3 Å². The second kappa shape index (κ2) is 6.79. The molecule has 0 aromatic carbocycles. The van der Waals surface area contributed by atoms with Gasteiger partial charge < -0.3 is 15.2 Å². The van der Waals surface area contributed by atoms with Crippen LogP contribution in [0.3, 0.4) is 0 Å². The van der Waals surface area contributed by atoms with Crippen molar-refractivity contribution in [1.82, 2.24) is 4.98 Å². The molecular formula is C11H16N2O3. The summed E-state index contributed by atoms with van der Waals surface area (Å²) in [6.07, 6.45) is 3.75. The largest absolute Gasteiger partial charge is 0.462 e. The van der Waals surface area contributed by atoms with Gasteiger partial charge in [-0.05, 0) is 19.4 Å². The third kappa shape index (κ3) is 3.86. The predicted molar refractivity (Wildman–Crippen MR) is 60.4 cm³/mol. The molecule has 0 radical (unpaired) electrons. The minimum atomic E-state index is -0.374. The third-order valence-electron chi connectivity index (χ3n) is 1.91. The van der Waals surface area contributed by atoms with Gasteiger partial charge in [0.15, 0.2) is 0 Å². The van der Waals surface area contributed by atoms with E-state index in [2.05, 4.69) is 10.3 Å². The number of pyridine rings is 1. The number of aromatic nitrogens is 1. The van der Waals surface area contributed by atoms with Crippen molar-refractivity contribution < 1.29 is 14.6 Å². The van der Waals surface area contributed by atoms with Crippen LogP contribution >= 0.6 is 0 Å². The lowest BCUT2D eigenvalue weighted by atomic mass is 10.2. The van der Waals surface area contributed by atoms with Crippen LogP contribution in [0.25, 0.3) is 0 Å². The van der Waals surface area contributed by atoms with Gasteiger partial charge in [0.2, 0.25) is 0 Å². The Hall–Kier alpha value is -1.62. The lowest BCUT2D eigenvalue weighted by Crippen LogP contribution is -2.08. The SMILES string of the molecule is CCOC(=O)c1cncc(NCCCO)c1. The van der Waals surface area contributed by atoms with Crippen LogP contribution in [0.4, 0.5) is 5.69 Å². The van der Waals surface area contributed by atoms with Crippen LogP contribution in [-0.2, 0) is 4.74 Å². The molecule has 0 saturated carbocycles. The quantitative estimate of drug-likeness (QED) is 0.558. The lowest BCUT2D eigenvalue weighted by Gasteiger charge is -2.06. The predicted octanol–water partition coefficient (Wildman–Crippen LogP) is 1.05. The number of nitrogens with zero attached hydrogens (tertiary/aromatic N) is 1. The highest BCUT2D eigenvalue weighted by Gasteiger charge is 2.06. The Morgan fingerprint density at radius 3 is 3.06 bits per heavy atom. The van der Waals surface area contributed by atoms with Gasteiger partial charge in [0.05, 0.1) is 17.9 Å². The number of carbonyl (C=O) groups excluding carboxylic acids is 1. The van der Waals surface area contributed by atoms with E-state index in [4.69, 9.17) is 9.84 Å². The van der Waals surface area contributed by atoms with Crippen molar-refractivity contribution in [3.63, 3.8) is 0 Å². The smallest absolute Gasteiger partial charge is 0.339 e. The van der Waals surface area contributed by atoms with Gasteiger partial charge in [-0.25, -0.2) is 4.79 Å². The fourth-order valence-electron chi connectivity index (χ4n) is 1.17. The summed E-state index contributed by atoms with van der Waals surface area (Å²) in [6, 6.07) is 1.68. The summed E-state index contributed by atoms with van der Waals surface area (Å²) < 4.78 is 4.86. The summed E-state index contributed by atoms with van der Waals surface area (Å²) in [6.45, 7) is 2.89. The van der Waals surface area contributed by atoms with Gasteiger partial charge in [-0.2, -0.15) is 0 Å². The normalized spacial score (nSPS) is 9.88. The maximum absolute atomic E-state index is 11.4. The van der Waals surface area contributed by atoms with Crippen molar-refractivity contribution in [2.75, 3.05) is 25.1 Å². The number of nitrogens with one attached hydrogen (secondary N) is 1. The maximum Gasteiger partial charge on any atom is 0.339 e. The number of esters is 1. The second-order valence-corrected chi connectivity index (χ2v) is 3.19. The number of ether oxygens (including phenoxy) is 1. The molecule has 2 N–H and O–H groups in total. The molecular weight excluding hydrogens is 208 g/mol. The number of aliphatic hydroxyl groups excluding tert-OH is 1. The minimum absolute atomic E-state index is 0.137. The van der Waals surface area contributed by atoms with Gasteiger partial charge in [-0.3, -0.25) is 4.98 Å². The Morgan fingerprint density at radius 2 is 2.38 bits per heavy atom. The first-order chi connectivity index (χ1) is 7.77. The third-order valence-corrected chi connectivity index (χ3v) is 1.91. The van der Waals surface area contributed by atoms with E-state index in [1.165, 1.54) is 6.20 Å². The maximum atomic E-state index is 11.4. The standard InChI is InChI=1S/C11H16N2O3/c1-2-16-11(15)9-6-10(8-12-7-9)13-4-3-5-14/h6-8,13-14H,2-5H2,1H3. The van der Waals surface area contributed by atoms with Gasteiger partial charge in [-0.15, -0.1) is 0 Å². The van der Waals surface area contributed by atoms with Crippen LogP contribution in [-0.4, -0.2) is 35.8 Å². The van der Waals surface area contributed by atoms with Crippen molar-refractivity contribution >= 4 is 11.7 Å². The van der Waals surface area contributed by atoms with E-state index >= 15 is 0 Å². The molecule has 5 nitrogen and oxygen atoms in total. The van der Waals surface area contributed by atoms with Crippen LogP contribution in [0.1, 0.15) is 23.7 Å². The van der Waals surface area contributed by atoms with E-state index < -0.39 is 0 Å². The number of hydrogen-bond donors (Lipinski definition) is 2. The fourth-order valence-corrected chi connectivity index (χ4v) is 1.17. The van der Waals surface area contributed by atoms with Gasteiger partial charge in [0, 0.05) is 25.5 Å². The van der Waals surface area contributed by atoms with E-state index in [1.54, 1.807) is 19.2 Å². The number of anilines is 1. The first-order valence-electron chi connectivity index (χ1n) is 5.24. The summed E-state index contributed by atoms with van der Waals surface area (Å²) in [5.74, 6) is -0.374. The molecule has 0 fully saturated rings. The van der Waals surface area contributed by atoms with Crippen molar-refractivity contribution in [2.24, 2.45) is 0 Å². The highest BCUT2D eigenvalue weighted by atomic mass is 16.5. The first kappa shape index (κ1) is 12.4. The number of aliphatic hydroxyl groups is 1. The monoisotopic (exact) mass is 224 g/mol. The zero-order chi connectivity index (χ0) is 11.8. The molecule has 0 amide bonds. The average Bonchev–Trinajstić information content (AvgIpc) is 2.30. The molecule has 1 aromatic rings. The Bertz CT molecular complexity index is 342. The van der Waals surface area contributed by atoms with Crippen LogP contribution in [0.2, 0.25) is 0 Å². The minimum Gasteiger partial charge on any atom is -0.462 e. The molecule has 1 rings (SSSR count). The first-order valence-corrected chi connectivity index (χ1v) is 5.24. The fraction of sp³-hybridized carbons (Fsp3) is 0.455. The Kier molecular flexibility index (Phi) is 5.28. The molecule has 0 atom stereocenters. The Morgan fingerprint density at radius 1 is 1.56 bits per heavy atom. The van der Waals surface area contributed by atoms with Crippen molar-refractivity contribution in [1.29, 1.82) is 0 Å². The van der Waals surface area contributed by atoms with E-state index in [0.29, 0.717) is 25.1 Å². The van der Waals surface area contributed by atoms with E-state index in [9.17, 15) is 4.79 Å². The highest BCUT2D eigenvalue weighted by Crippen LogP contribution is 2.09. The number of carbonyl (C=O) groups is 1. The van der Waals surface area contributed by atoms with E-state index in [0.717, 1.165) is 5.69 Å². The molecule has 88 valence electrons. The van der Waals surface area contributed by atoms with E-state index in [-0.39, 0.29) is 12.6 Å².